The van der Waals surface area contributed by atoms with Gasteiger partial charge in [-0.2, -0.15) is 0 Å². The summed E-state index contributed by atoms with van der Waals surface area (Å²) in [6, 6.07) is 8.68. The fourth-order valence-corrected chi connectivity index (χ4v) is 2.23. The molecule has 0 atom stereocenters. The molecule has 0 spiro atoms. The molecule has 0 aliphatic carbocycles. The third-order valence-electron chi connectivity index (χ3n) is 3.05. The van der Waals surface area contributed by atoms with Gasteiger partial charge in [0.05, 0.1) is 7.11 Å². The van der Waals surface area contributed by atoms with Gasteiger partial charge in [0.1, 0.15) is 17.1 Å². The van der Waals surface area contributed by atoms with E-state index in [1.165, 1.54) is 7.11 Å². The maximum absolute atomic E-state index is 11.8. The first-order valence-corrected chi connectivity index (χ1v) is 7.14. The van der Waals surface area contributed by atoms with Crippen molar-refractivity contribution in [2.45, 2.75) is 13.8 Å². The Kier molecular flexibility index (Phi) is 4.53. The quantitative estimate of drug-likeness (QED) is 0.665. The summed E-state index contributed by atoms with van der Waals surface area (Å²) < 4.78 is 11.6. The number of anilines is 1. The highest BCUT2D eigenvalue weighted by molar-refractivity contribution is 9.10. The average molecular weight is 350 g/mol. The fourth-order valence-electron chi connectivity index (χ4n) is 2.00. The van der Waals surface area contributed by atoms with Gasteiger partial charge in [-0.15, -0.1) is 0 Å². The lowest BCUT2D eigenvalue weighted by Gasteiger charge is -2.13. The van der Waals surface area contributed by atoms with E-state index in [0.29, 0.717) is 22.7 Å². The number of hydrogen-bond donors (Lipinski definition) is 1. The highest BCUT2D eigenvalue weighted by Gasteiger charge is 2.15. The number of halogens is 1. The zero-order valence-corrected chi connectivity index (χ0v) is 13.7. The summed E-state index contributed by atoms with van der Waals surface area (Å²) in [5.74, 6) is 0.586. The van der Waals surface area contributed by atoms with Crippen molar-refractivity contribution in [1.29, 1.82) is 0 Å². The Labute approximate surface area is 132 Å². The molecule has 2 aromatic rings. The molecule has 0 bridgehead atoms. The predicted octanol–water partition coefficient (Wildman–Crippen LogP) is 4.23. The molecule has 0 heterocycles. The Hall–Kier alpha value is -2.01. The molecule has 0 saturated carbocycles. The lowest BCUT2D eigenvalue weighted by molar-refractivity contribution is 0.0598. The molecule has 0 aliphatic rings. The van der Waals surface area contributed by atoms with E-state index in [1.807, 2.05) is 26.0 Å². The smallest absolute Gasteiger partial charge is 0.341 e. The molecule has 0 aliphatic heterocycles. The van der Waals surface area contributed by atoms with E-state index in [4.69, 9.17) is 15.2 Å². The van der Waals surface area contributed by atoms with Crippen LogP contribution in [0, 0.1) is 13.8 Å². The summed E-state index contributed by atoms with van der Waals surface area (Å²) in [5.41, 5.74) is 8.60. The van der Waals surface area contributed by atoms with Crippen molar-refractivity contribution in [3.63, 3.8) is 0 Å². The average Bonchev–Trinajstić information content (AvgIpc) is 2.45. The molecule has 2 N–H and O–H groups in total. The Morgan fingerprint density at radius 1 is 1.14 bits per heavy atom. The van der Waals surface area contributed by atoms with E-state index in [0.717, 1.165) is 15.6 Å². The zero-order chi connectivity index (χ0) is 15.6. The first-order chi connectivity index (χ1) is 9.92. The highest BCUT2D eigenvalue weighted by atomic mass is 79.9. The van der Waals surface area contributed by atoms with Gasteiger partial charge in [0, 0.05) is 10.2 Å². The van der Waals surface area contributed by atoms with Crippen LogP contribution in [-0.2, 0) is 4.74 Å². The largest absolute Gasteiger partial charge is 0.465 e. The number of esters is 1. The molecular weight excluding hydrogens is 334 g/mol. The topological polar surface area (TPSA) is 61.5 Å². The zero-order valence-electron chi connectivity index (χ0n) is 12.1. The second-order valence-corrected chi connectivity index (χ2v) is 5.51. The molecule has 2 aromatic carbocycles. The van der Waals surface area contributed by atoms with Gasteiger partial charge in [0.15, 0.2) is 0 Å². The van der Waals surface area contributed by atoms with E-state index in [-0.39, 0.29) is 0 Å². The molecule has 21 heavy (non-hydrogen) atoms. The number of benzene rings is 2. The van der Waals surface area contributed by atoms with Crippen molar-refractivity contribution >= 4 is 27.6 Å². The van der Waals surface area contributed by atoms with Crippen molar-refractivity contribution in [3.05, 3.63) is 51.5 Å². The molecule has 0 unspecified atom stereocenters. The molecule has 2 rings (SSSR count). The second-order valence-electron chi connectivity index (χ2n) is 4.72. The monoisotopic (exact) mass is 349 g/mol. The van der Waals surface area contributed by atoms with Crippen molar-refractivity contribution in [1.82, 2.24) is 0 Å². The number of rotatable bonds is 3. The standard InChI is InChI=1S/C16H16BrNO3/c1-9-6-12(7-10(2)15(9)17)21-14-5-4-11(18)8-13(14)16(19)20-3/h4-8H,18H2,1-3H3. The number of carbonyl (C=O) groups is 1. The molecule has 0 radical (unpaired) electrons. The predicted molar refractivity (Wildman–Crippen MR) is 85.9 cm³/mol. The van der Waals surface area contributed by atoms with Crippen LogP contribution >= 0.6 is 15.9 Å². The maximum Gasteiger partial charge on any atom is 0.341 e. The summed E-state index contributed by atoms with van der Waals surface area (Å²) in [4.78, 5) is 11.8. The minimum Gasteiger partial charge on any atom is -0.465 e. The van der Waals surface area contributed by atoms with E-state index < -0.39 is 5.97 Å². The Morgan fingerprint density at radius 3 is 2.33 bits per heavy atom. The van der Waals surface area contributed by atoms with Crippen LogP contribution in [0.15, 0.2) is 34.8 Å². The van der Waals surface area contributed by atoms with Gasteiger partial charge in [0.25, 0.3) is 0 Å². The molecule has 110 valence electrons. The number of ether oxygens (including phenoxy) is 2. The first kappa shape index (κ1) is 15.4. The fraction of sp³-hybridized carbons (Fsp3) is 0.188. The summed E-state index contributed by atoms with van der Waals surface area (Å²) in [6.45, 7) is 3.96. The number of nitrogen functional groups attached to an aromatic ring is 1. The van der Waals surface area contributed by atoms with Crippen molar-refractivity contribution < 1.29 is 14.3 Å². The Morgan fingerprint density at radius 2 is 1.76 bits per heavy atom. The van der Waals surface area contributed by atoms with Crippen LogP contribution in [0.2, 0.25) is 0 Å². The van der Waals surface area contributed by atoms with Gasteiger partial charge in [0.2, 0.25) is 0 Å². The lowest BCUT2D eigenvalue weighted by Crippen LogP contribution is -2.05. The highest BCUT2D eigenvalue weighted by Crippen LogP contribution is 2.32. The molecule has 5 heteroatoms. The van der Waals surface area contributed by atoms with Gasteiger partial charge in [-0.1, -0.05) is 15.9 Å². The van der Waals surface area contributed by atoms with Crippen LogP contribution in [0.1, 0.15) is 21.5 Å². The summed E-state index contributed by atoms with van der Waals surface area (Å²) in [6.07, 6.45) is 0. The van der Waals surface area contributed by atoms with Crippen LogP contribution in [0.3, 0.4) is 0 Å². The third kappa shape index (κ3) is 3.36. The molecule has 0 fully saturated rings. The normalized spacial score (nSPS) is 10.3. The molecule has 0 amide bonds. The molecule has 0 aromatic heterocycles. The second kappa shape index (κ2) is 6.18. The number of aryl methyl sites for hydroxylation is 2. The van der Waals surface area contributed by atoms with E-state index in [1.54, 1.807) is 18.2 Å². The maximum atomic E-state index is 11.8. The SMILES string of the molecule is COC(=O)c1cc(N)ccc1Oc1cc(C)c(Br)c(C)c1. The number of hydrogen-bond acceptors (Lipinski definition) is 4. The molecular formula is C16H16BrNO3. The van der Waals surface area contributed by atoms with Gasteiger partial charge in [-0.25, -0.2) is 4.79 Å². The van der Waals surface area contributed by atoms with Gasteiger partial charge in [-0.05, 0) is 55.3 Å². The summed E-state index contributed by atoms with van der Waals surface area (Å²) in [5, 5.41) is 0. The van der Waals surface area contributed by atoms with Crippen molar-refractivity contribution in [2.24, 2.45) is 0 Å². The Bertz CT molecular complexity index is 675. The van der Waals surface area contributed by atoms with Crippen LogP contribution in [0.5, 0.6) is 11.5 Å². The van der Waals surface area contributed by atoms with Gasteiger partial charge in [-0.3, -0.25) is 0 Å². The number of carbonyl (C=O) groups excluding carboxylic acids is 1. The van der Waals surface area contributed by atoms with Crippen LogP contribution < -0.4 is 10.5 Å². The molecule has 0 saturated heterocycles. The number of methoxy groups -OCH3 is 1. The van der Waals surface area contributed by atoms with Gasteiger partial charge >= 0.3 is 5.97 Å². The van der Waals surface area contributed by atoms with Crippen molar-refractivity contribution in [3.8, 4) is 11.5 Å². The third-order valence-corrected chi connectivity index (χ3v) is 4.30. The Balaban J connectivity index is 2.42. The van der Waals surface area contributed by atoms with Crippen LogP contribution in [0.4, 0.5) is 5.69 Å². The minimum atomic E-state index is -0.483. The van der Waals surface area contributed by atoms with Crippen LogP contribution in [-0.4, -0.2) is 13.1 Å². The first-order valence-electron chi connectivity index (χ1n) is 6.35. The summed E-state index contributed by atoms with van der Waals surface area (Å²) >= 11 is 3.51. The van der Waals surface area contributed by atoms with E-state index in [9.17, 15) is 4.79 Å². The number of nitrogens with two attached hydrogens (primary N) is 1. The van der Waals surface area contributed by atoms with E-state index in [2.05, 4.69) is 15.9 Å². The van der Waals surface area contributed by atoms with Crippen LogP contribution in [0.25, 0.3) is 0 Å². The van der Waals surface area contributed by atoms with E-state index >= 15 is 0 Å². The van der Waals surface area contributed by atoms with Crippen molar-refractivity contribution in [2.75, 3.05) is 12.8 Å². The minimum absolute atomic E-state index is 0.302. The lowest BCUT2D eigenvalue weighted by atomic mass is 10.1. The molecule has 4 nitrogen and oxygen atoms in total. The summed E-state index contributed by atoms with van der Waals surface area (Å²) in [7, 11) is 1.32. The van der Waals surface area contributed by atoms with Gasteiger partial charge < -0.3 is 15.2 Å².